The Morgan fingerprint density at radius 2 is 1.92 bits per heavy atom. The molecule has 0 bridgehead atoms. The maximum absolute atomic E-state index is 8.97. The summed E-state index contributed by atoms with van der Waals surface area (Å²) >= 11 is 4.44. The second-order valence-corrected chi connectivity index (χ2v) is 5.31. The van der Waals surface area contributed by atoms with Gasteiger partial charge in [0.25, 0.3) is 6.64 Å². The first-order chi connectivity index (χ1) is 5.49. The van der Waals surface area contributed by atoms with Gasteiger partial charge in [0.1, 0.15) is 0 Å². The van der Waals surface area contributed by atoms with Crippen LogP contribution in [0.25, 0.3) is 0 Å². The number of aryl methyl sites for hydroxylation is 1. The summed E-state index contributed by atoms with van der Waals surface area (Å²) in [6.45, 7) is -1.46. The van der Waals surface area contributed by atoms with E-state index in [1.807, 2.05) is 19.1 Å². The first kappa shape index (κ1) is 9.68. The van der Waals surface area contributed by atoms with Gasteiger partial charge >= 0.3 is 0 Å². The molecule has 3 nitrogen and oxygen atoms in total. The quantitative estimate of drug-likeness (QED) is 0.639. The average Bonchev–Trinajstić information content (AvgIpc) is 1.91. The third kappa shape index (κ3) is 2.91. The molecule has 1 rings (SSSR count). The zero-order chi connectivity index (χ0) is 9.19. The fourth-order valence-electron chi connectivity index (χ4n) is 0.855. The standard InChI is InChI=1S/C7H10NO2PS/c1-6-4-2-3-5-7(6)8-11(9,10)12/h2-5H,1H3,(H3,8,9,10,12). The lowest BCUT2D eigenvalue weighted by molar-refractivity contribution is 0.486. The summed E-state index contributed by atoms with van der Waals surface area (Å²) in [6, 6.07) is 7.30. The number of hydrogen-bond acceptors (Lipinski definition) is 1. The molecule has 1 aromatic carbocycles. The first-order valence-corrected chi connectivity index (χ1v) is 6.09. The molecule has 1 aromatic rings. The van der Waals surface area contributed by atoms with Gasteiger partial charge in [0.15, 0.2) is 0 Å². The van der Waals surface area contributed by atoms with Gasteiger partial charge in [-0.05, 0) is 30.4 Å². The summed E-state index contributed by atoms with van der Waals surface area (Å²) in [5, 5.41) is 2.49. The van der Waals surface area contributed by atoms with Crippen LogP contribution >= 0.6 is 6.64 Å². The van der Waals surface area contributed by atoms with E-state index in [9.17, 15) is 0 Å². The van der Waals surface area contributed by atoms with E-state index in [0.29, 0.717) is 5.69 Å². The van der Waals surface area contributed by atoms with Gasteiger partial charge in [0, 0.05) is 5.69 Å². The Hall–Kier alpha value is -0.410. The average molecular weight is 203 g/mol. The van der Waals surface area contributed by atoms with E-state index in [0.717, 1.165) is 5.56 Å². The summed E-state index contributed by atoms with van der Waals surface area (Å²) in [7, 11) is 0. The summed E-state index contributed by atoms with van der Waals surface area (Å²) < 4.78 is 0. The Morgan fingerprint density at radius 1 is 1.33 bits per heavy atom. The van der Waals surface area contributed by atoms with Crippen molar-refractivity contribution in [3.05, 3.63) is 29.8 Å². The summed E-state index contributed by atoms with van der Waals surface area (Å²) in [5.74, 6) is 0. The van der Waals surface area contributed by atoms with Gasteiger partial charge in [-0.3, -0.25) is 0 Å². The zero-order valence-electron chi connectivity index (χ0n) is 6.56. The Labute approximate surface area is 76.3 Å². The lowest BCUT2D eigenvalue weighted by atomic mass is 10.2. The summed E-state index contributed by atoms with van der Waals surface area (Å²) in [5.41, 5.74) is 1.61. The predicted molar refractivity (Wildman–Crippen MR) is 53.5 cm³/mol. The molecule has 0 saturated heterocycles. The van der Waals surface area contributed by atoms with Gasteiger partial charge in [-0.15, -0.1) is 0 Å². The molecule has 0 unspecified atom stereocenters. The van der Waals surface area contributed by atoms with E-state index in [4.69, 9.17) is 9.79 Å². The molecular weight excluding hydrogens is 193 g/mol. The Morgan fingerprint density at radius 3 is 2.42 bits per heavy atom. The first-order valence-electron chi connectivity index (χ1n) is 3.38. The molecule has 0 atom stereocenters. The molecule has 12 heavy (non-hydrogen) atoms. The van der Waals surface area contributed by atoms with Crippen LogP contribution in [0.1, 0.15) is 5.56 Å². The topological polar surface area (TPSA) is 52.5 Å². The van der Waals surface area contributed by atoms with Crippen LogP contribution in [0.5, 0.6) is 0 Å². The molecule has 0 radical (unpaired) electrons. The number of anilines is 1. The van der Waals surface area contributed by atoms with Crippen LogP contribution in [0.2, 0.25) is 0 Å². The highest BCUT2D eigenvalue weighted by atomic mass is 32.5. The lowest BCUT2D eigenvalue weighted by Gasteiger charge is -2.12. The minimum Gasteiger partial charge on any atom is -0.330 e. The maximum Gasteiger partial charge on any atom is 0.282 e. The fourth-order valence-corrected chi connectivity index (χ4v) is 1.72. The Balaban J connectivity index is 2.90. The molecule has 0 fully saturated rings. The van der Waals surface area contributed by atoms with Crippen LogP contribution in [0.15, 0.2) is 24.3 Å². The van der Waals surface area contributed by atoms with Crippen molar-refractivity contribution in [2.75, 3.05) is 5.09 Å². The Bertz CT molecular complexity index is 323. The third-order valence-corrected chi connectivity index (χ3v) is 2.22. The van der Waals surface area contributed by atoms with E-state index < -0.39 is 6.64 Å². The molecule has 3 N–H and O–H groups in total. The van der Waals surface area contributed by atoms with E-state index in [1.54, 1.807) is 12.1 Å². The van der Waals surface area contributed by atoms with Crippen LogP contribution < -0.4 is 5.09 Å². The molecular formula is C7H10NO2PS. The number of nitrogens with one attached hydrogen (secondary N) is 1. The van der Waals surface area contributed by atoms with Crippen molar-refractivity contribution in [3.8, 4) is 0 Å². The van der Waals surface area contributed by atoms with Crippen LogP contribution in [0.4, 0.5) is 5.69 Å². The van der Waals surface area contributed by atoms with Crippen molar-refractivity contribution < 1.29 is 9.79 Å². The largest absolute Gasteiger partial charge is 0.330 e. The lowest BCUT2D eigenvalue weighted by Crippen LogP contribution is -1.95. The monoisotopic (exact) mass is 203 g/mol. The van der Waals surface area contributed by atoms with Crippen molar-refractivity contribution in [1.29, 1.82) is 0 Å². The van der Waals surface area contributed by atoms with Gasteiger partial charge < -0.3 is 14.9 Å². The van der Waals surface area contributed by atoms with E-state index in [2.05, 4.69) is 16.9 Å². The second-order valence-electron chi connectivity index (χ2n) is 2.47. The normalized spacial score (nSPS) is 11.2. The molecule has 5 heteroatoms. The van der Waals surface area contributed by atoms with Crippen molar-refractivity contribution >= 4 is 24.1 Å². The van der Waals surface area contributed by atoms with Gasteiger partial charge in [0.05, 0.1) is 0 Å². The van der Waals surface area contributed by atoms with Crippen molar-refractivity contribution in [1.82, 2.24) is 0 Å². The highest BCUT2D eigenvalue weighted by molar-refractivity contribution is 8.09. The van der Waals surface area contributed by atoms with Gasteiger partial charge in [0.2, 0.25) is 0 Å². The van der Waals surface area contributed by atoms with E-state index >= 15 is 0 Å². The van der Waals surface area contributed by atoms with E-state index in [-0.39, 0.29) is 0 Å². The molecule has 0 aliphatic heterocycles. The highest BCUT2D eigenvalue weighted by Crippen LogP contribution is 2.36. The van der Waals surface area contributed by atoms with Gasteiger partial charge in [-0.25, -0.2) is 0 Å². The predicted octanol–water partition coefficient (Wildman–Crippen LogP) is 1.62. The maximum atomic E-state index is 8.97. The van der Waals surface area contributed by atoms with Crippen molar-refractivity contribution in [3.63, 3.8) is 0 Å². The number of benzene rings is 1. The van der Waals surface area contributed by atoms with Crippen molar-refractivity contribution in [2.45, 2.75) is 6.92 Å². The van der Waals surface area contributed by atoms with Crippen LogP contribution in [0, 0.1) is 6.92 Å². The molecule has 0 spiro atoms. The third-order valence-electron chi connectivity index (χ3n) is 1.41. The van der Waals surface area contributed by atoms with Crippen LogP contribution in [0.3, 0.4) is 0 Å². The van der Waals surface area contributed by atoms with Crippen molar-refractivity contribution in [2.24, 2.45) is 0 Å². The molecule has 0 saturated carbocycles. The molecule has 0 aromatic heterocycles. The molecule has 66 valence electrons. The minimum absolute atomic E-state index is 0.672. The van der Waals surface area contributed by atoms with E-state index in [1.165, 1.54) is 0 Å². The molecule has 0 aliphatic rings. The smallest absolute Gasteiger partial charge is 0.282 e. The molecule has 0 aliphatic carbocycles. The number of hydrogen-bond donors (Lipinski definition) is 3. The number of rotatable bonds is 2. The summed E-state index contributed by atoms with van der Waals surface area (Å²) in [4.78, 5) is 17.9. The Kier molecular flexibility index (Phi) is 2.85. The van der Waals surface area contributed by atoms with Gasteiger partial charge in [-0.2, -0.15) is 0 Å². The molecule has 0 heterocycles. The fraction of sp³-hybridized carbons (Fsp3) is 0.143. The van der Waals surface area contributed by atoms with Crippen LogP contribution in [-0.4, -0.2) is 9.79 Å². The zero-order valence-corrected chi connectivity index (χ0v) is 8.27. The summed E-state index contributed by atoms with van der Waals surface area (Å²) in [6.07, 6.45) is 0. The van der Waals surface area contributed by atoms with Crippen LogP contribution in [-0.2, 0) is 11.8 Å². The minimum atomic E-state index is -3.33. The highest BCUT2D eigenvalue weighted by Gasteiger charge is 2.07. The number of para-hydroxylation sites is 1. The van der Waals surface area contributed by atoms with Gasteiger partial charge in [-0.1, -0.05) is 18.2 Å². The SMILES string of the molecule is Cc1ccccc1NP(O)(O)=S. The second kappa shape index (κ2) is 3.54. The molecule has 0 amide bonds.